The third-order valence-corrected chi connectivity index (χ3v) is 4.20. The van der Waals surface area contributed by atoms with Crippen LogP contribution in [0.5, 0.6) is 23.1 Å². The van der Waals surface area contributed by atoms with Gasteiger partial charge < -0.3 is 25.3 Å². The Morgan fingerprint density at radius 1 is 1.00 bits per heavy atom. The Morgan fingerprint density at radius 2 is 1.84 bits per heavy atom. The van der Waals surface area contributed by atoms with Gasteiger partial charge in [0.1, 0.15) is 17.2 Å². The van der Waals surface area contributed by atoms with E-state index in [-0.39, 0.29) is 5.91 Å². The molecule has 0 saturated carbocycles. The number of anilines is 1. The van der Waals surface area contributed by atoms with Crippen LogP contribution in [0.25, 0.3) is 6.08 Å². The topological polar surface area (TPSA) is 113 Å². The van der Waals surface area contributed by atoms with Gasteiger partial charge in [0.05, 0.1) is 26.1 Å². The number of benzene rings is 2. The molecule has 0 bridgehead atoms. The summed E-state index contributed by atoms with van der Waals surface area (Å²) in [7, 11) is 3.12. The van der Waals surface area contributed by atoms with Gasteiger partial charge in [-0.05, 0) is 42.5 Å². The van der Waals surface area contributed by atoms with E-state index in [2.05, 4.69) is 10.3 Å². The van der Waals surface area contributed by atoms with Crippen LogP contribution < -0.4 is 25.3 Å². The number of hydrogen-bond donors (Lipinski definition) is 2. The third-order valence-electron chi connectivity index (χ3n) is 4.20. The van der Waals surface area contributed by atoms with Gasteiger partial charge in [0.2, 0.25) is 17.7 Å². The average Bonchev–Trinajstić information content (AvgIpc) is 2.79. The minimum atomic E-state index is -0.545. The van der Waals surface area contributed by atoms with Crippen LogP contribution in [0.15, 0.2) is 66.9 Å². The van der Waals surface area contributed by atoms with E-state index < -0.39 is 5.91 Å². The molecule has 0 unspecified atom stereocenters. The van der Waals surface area contributed by atoms with Gasteiger partial charge in [-0.3, -0.25) is 9.59 Å². The lowest BCUT2D eigenvalue weighted by Gasteiger charge is -2.08. The molecule has 0 saturated heterocycles. The van der Waals surface area contributed by atoms with Gasteiger partial charge in [-0.25, -0.2) is 4.98 Å². The second-order valence-electron chi connectivity index (χ2n) is 6.31. The maximum absolute atomic E-state index is 12.2. The van der Waals surface area contributed by atoms with Crippen molar-refractivity contribution in [2.24, 2.45) is 5.73 Å². The zero-order chi connectivity index (χ0) is 22.2. The zero-order valence-corrected chi connectivity index (χ0v) is 17.0. The fourth-order valence-corrected chi connectivity index (χ4v) is 2.65. The molecular formula is C23H21N3O5. The number of hydrogen-bond acceptors (Lipinski definition) is 6. The van der Waals surface area contributed by atoms with Gasteiger partial charge in [0.15, 0.2) is 0 Å². The van der Waals surface area contributed by atoms with Crippen molar-refractivity contribution in [3.8, 4) is 23.1 Å². The molecule has 31 heavy (non-hydrogen) atoms. The second-order valence-corrected chi connectivity index (χ2v) is 6.31. The van der Waals surface area contributed by atoms with Crippen molar-refractivity contribution in [2.75, 3.05) is 19.5 Å². The number of pyridine rings is 1. The summed E-state index contributed by atoms with van der Waals surface area (Å²) in [4.78, 5) is 27.6. The van der Waals surface area contributed by atoms with Crippen LogP contribution in [0.1, 0.15) is 15.9 Å². The largest absolute Gasteiger partial charge is 0.497 e. The minimum Gasteiger partial charge on any atom is -0.497 e. The van der Waals surface area contributed by atoms with Crippen molar-refractivity contribution in [1.29, 1.82) is 0 Å². The highest BCUT2D eigenvalue weighted by molar-refractivity contribution is 6.02. The fraction of sp³-hybridized carbons (Fsp3) is 0.0870. The lowest BCUT2D eigenvalue weighted by atomic mass is 10.1. The Labute approximate surface area is 179 Å². The average molecular weight is 419 g/mol. The molecule has 0 radical (unpaired) electrons. The summed E-state index contributed by atoms with van der Waals surface area (Å²) in [6.07, 6.45) is 4.50. The standard InChI is InChI=1S/C23H21N3O5/c1-29-18-9-6-15(20(13-18)30-2)7-10-21(27)26-17-8-11-22(25-14-17)31-19-5-3-4-16(12-19)23(24)28/h3-14H,1-2H3,(H2,24,28)(H,26,27). The lowest BCUT2D eigenvalue weighted by molar-refractivity contribution is -0.111. The van der Waals surface area contributed by atoms with Crippen LogP contribution in [-0.4, -0.2) is 31.0 Å². The Balaban J connectivity index is 1.62. The first-order chi connectivity index (χ1) is 15.0. The van der Waals surface area contributed by atoms with E-state index in [1.54, 1.807) is 68.8 Å². The van der Waals surface area contributed by atoms with Crippen LogP contribution in [0.4, 0.5) is 5.69 Å². The number of aromatic nitrogens is 1. The van der Waals surface area contributed by atoms with E-state index in [1.807, 2.05) is 0 Å². The zero-order valence-electron chi connectivity index (χ0n) is 17.0. The Kier molecular flexibility index (Phi) is 6.85. The fourth-order valence-electron chi connectivity index (χ4n) is 2.65. The number of rotatable bonds is 8. The molecule has 0 aliphatic carbocycles. The smallest absolute Gasteiger partial charge is 0.248 e. The maximum atomic E-state index is 12.2. The van der Waals surface area contributed by atoms with Gasteiger partial charge in [0.25, 0.3) is 0 Å². The van der Waals surface area contributed by atoms with Crippen LogP contribution in [0, 0.1) is 0 Å². The van der Waals surface area contributed by atoms with E-state index in [4.69, 9.17) is 19.9 Å². The number of methoxy groups -OCH3 is 2. The third kappa shape index (κ3) is 5.83. The Morgan fingerprint density at radius 3 is 2.52 bits per heavy atom. The normalized spacial score (nSPS) is 10.5. The summed E-state index contributed by atoms with van der Waals surface area (Å²) in [6.45, 7) is 0. The molecule has 158 valence electrons. The highest BCUT2D eigenvalue weighted by Gasteiger charge is 2.06. The summed E-state index contributed by atoms with van der Waals surface area (Å²) in [5.41, 5.74) is 6.83. The molecule has 0 atom stereocenters. The maximum Gasteiger partial charge on any atom is 0.248 e. The summed E-state index contributed by atoms with van der Waals surface area (Å²) < 4.78 is 16.1. The van der Waals surface area contributed by atoms with Gasteiger partial charge in [-0.1, -0.05) is 6.07 Å². The van der Waals surface area contributed by atoms with Gasteiger partial charge in [0, 0.05) is 29.3 Å². The number of carbonyl (C=O) groups excluding carboxylic acids is 2. The molecule has 0 aliphatic heterocycles. The van der Waals surface area contributed by atoms with E-state index in [0.29, 0.717) is 34.4 Å². The van der Waals surface area contributed by atoms with E-state index in [9.17, 15) is 9.59 Å². The second kappa shape index (κ2) is 9.93. The molecular weight excluding hydrogens is 398 g/mol. The SMILES string of the molecule is COc1ccc(C=CC(=O)Nc2ccc(Oc3cccc(C(N)=O)c3)nc2)c(OC)c1. The molecule has 0 fully saturated rings. The first kappa shape index (κ1) is 21.4. The van der Waals surface area contributed by atoms with Gasteiger partial charge in [-0.15, -0.1) is 0 Å². The van der Waals surface area contributed by atoms with Crippen LogP contribution in [0.2, 0.25) is 0 Å². The van der Waals surface area contributed by atoms with Crippen molar-refractivity contribution in [2.45, 2.75) is 0 Å². The Bertz CT molecular complexity index is 1110. The minimum absolute atomic E-state index is 0.304. The van der Waals surface area contributed by atoms with Crippen molar-refractivity contribution in [3.05, 3.63) is 78.0 Å². The summed E-state index contributed by atoms with van der Waals surface area (Å²) in [5.74, 6) is 1.11. The van der Waals surface area contributed by atoms with Crippen LogP contribution >= 0.6 is 0 Å². The molecule has 1 aromatic heterocycles. The van der Waals surface area contributed by atoms with Crippen molar-refractivity contribution in [3.63, 3.8) is 0 Å². The van der Waals surface area contributed by atoms with Crippen molar-refractivity contribution >= 4 is 23.6 Å². The Hall–Kier alpha value is -4.33. The molecule has 3 N–H and O–H groups in total. The van der Waals surface area contributed by atoms with Gasteiger partial charge in [-0.2, -0.15) is 0 Å². The van der Waals surface area contributed by atoms with Crippen molar-refractivity contribution in [1.82, 2.24) is 4.98 Å². The molecule has 0 aliphatic rings. The van der Waals surface area contributed by atoms with Crippen molar-refractivity contribution < 1.29 is 23.8 Å². The lowest BCUT2D eigenvalue weighted by Crippen LogP contribution is -2.10. The summed E-state index contributed by atoms with van der Waals surface area (Å²) >= 11 is 0. The van der Waals surface area contributed by atoms with Crippen LogP contribution in [-0.2, 0) is 4.79 Å². The number of nitrogens with two attached hydrogens (primary N) is 1. The van der Waals surface area contributed by atoms with E-state index in [1.165, 1.54) is 18.3 Å². The number of amides is 2. The van der Waals surface area contributed by atoms with E-state index in [0.717, 1.165) is 5.56 Å². The molecule has 3 aromatic rings. The molecule has 1 heterocycles. The van der Waals surface area contributed by atoms with Gasteiger partial charge >= 0.3 is 0 Å². The quantitative estimate of drug-likeness (QED) is 0.539. The summed E-state index contributed by atoms with van der Waals surface area (Å²) in [6, 6.07) is 15.0. The first-order valence-electron chi connectivity index (χ1n) is 9.23. The molecule has 8 nitrogen and oxygen atoms in total. The molecule has 3 rings (SSSR count). The first-order valence-corrected chi connectivity index (χ1v) is 9.23. The monoisotopic (exact) mass is 419 g/mol. The predicted octanol–water partition coefficient (Wildman–Crippen LogP) is 3.64. The molecule has 2 aromatic carbocycles. The number of carbonyl (C=O) groups is 2. The molecule has 2 amide bonds. The number of ether oxygens (including phenoxy) is 3. The number of nitrogens with zero attached hydrogens (tertiary/aromatic N) is 1. The number of primary amides is 1. The van der Waals surface area contributed by atoms with Crippen LogP contribution in [0.3, 0.4) is 0 Å². The highest BCUT2D eigenvalue weighted by atomic mass is 16.5. The highest BCUT2D eigenvalue weighted by Crippen LogP contribution is 2.26. The van der Waals surface area contributed by atoms with E-state index >= 15 is 0 Å². The predicted molar refractivity (Wildman–Crippen MR) is 116 cm³/mol. The molecule has 0 spiro atoms. The number of nitrogens with one attached hydrogen (secondary N) is 1. The summed E-state index contributed by atoms with van der Waals surface area (Å²) in [5, 5.41) is 2.72. The molecule has 8 heteroatoms.